The molecule has 1 aromatic rings. The Morgan fingerprint density at radius 2 is 1.69 bits per heavy atom. The van der Waals surface area contributed by atoms with Gasteiger partial charge in [0.05, 0.1) is 12.6 Å². The first-order valence-corrected chi connectivity index (χ1v) is 5.45. The average molecular weight is 217 g/mol. The fourth-order valence-electron chi connectivity index (χ4n) is 1.77. The molecule has 0 aliphatic carbocycles. The Labute approximate surface area is 97.5 Å². The van der Waals surface area contributed by atoms with Crippen LogP contribution in [0.5, 0.6) is 0 Å². The summed E-state index contributed by atoms with van der Waals surface area (Å²) in [6.07, 6.45) is 3.68. The Morgan fingerprint density at radius 3 is 2.12 bits per heavy atom. The maximum Gasteiger partial charge on any atom is 0.0628 e. The minimum Gasteiger partial charge on any atom is -0.394 e. The number of nitrogens with zero attached hydrogens (tertiary/aromatic N) is 1. The molecule has 1 aromatic carbocycles. The topological polar surface area (TPSA) is 23.5 Å². The molecule has 0 aromatic heterocycles. The van der Waals surface area contributed by atoms with Gasteiger partial charge in [0.25, 0.3) is 0 Å². The van der Waals surface area contributed by atoms with Crippen LogP contribution in [0, 0.1) is 0 Å². The van der Waals surface area contributed by atoms with Crippen molar-refractivity contribution in [3.05, 3.63) is 61.2 Å². The van der Waals surface area contributed by atoms with Crippen LogP contribution >= 0.6 is 0 Å². The van der Waals surface area contributed by atoms with Gasteiger partial charge in [-0.3, -0.25) is 4.90 Å². The van der Waals surface area contributed by atoms with E-state index in [1.54, 1.807) is 0 Å². The molecule has 0 saturated heterocycles. The normalized spacial score (nSPS) is 12.4. The van der Waals surface area contributed by atoms with Crippen LogP contribution in [0.25, 0.3) is 0 Å². The fraction of sp³-hybridized carbons (Fsp3) is 0.286. The summed E-state index contributed by atoms with van der Waals surface area (Å²) in [6, 6.07) is 10.0. The van der Waals surface area contributed by atoms with E-state index in [-0.39, 0.29) is 12.6 Å². The van der Waals surface area contributed by atoms with E-state index in [0.29, 0.717) is 0 Å². The molecule has 0 aliphatic heterocycles. The molecular formula is C14H19NO. The molecule has 0 spiro atoms. The van der Waals surface area contributed by atoms with Crippen molar-refractivity contribution in [1.29, 1.82) is 0 Å². The average Bonchev–Trinajstić information content (AvgIpc) is 2.32. The van der Waals surface area contributed by atoms with Gasteiger partial charge in [0, 0.05) is 13.1 Å². The van der Waals surface area contributed by atoms with E-state index < -0.39 is 0 Å². The van der Waals surface area contributed by atoms with Crippen LogP contribution in [0.15, 0.2) is 55.6 Å². The molecule has 1 N–H and O–H groups in total. The lowest BCUT2D eigenvalue weighted by atomic mass is 10.1. The number of benzene rings is 1. The smallest absolute Gasteiger partial charge is 0.0628 e. The second-order valence-corrected chi connectivity index (χ2v) is 3.64. The van der Waals surface area contributed by atoms with Gasteiger partial charge in [-0.05, 0) is 5.56 Å². The van der Waals surface area contributed by atoms with Gasteiger partial charge >= 0.3 is 0 Å². The molecule has 0 heterocycles. The molecule has 0 radical (unpaired) electrons. The fourth-order valence-corrected chi connectivity index (χ4v) is 1.77. The Kier molecular flexibility index (Phi) is 5.54. The predicted molar refractivity (Wildman–Crippen MR) is 68.2 cm³/mol. The second kappa shape index (κ2) is 6.99. The van der Waals surface area contributed by atoms with Crippen LogP contribution in [-0.2, 0) is 0 Å². The lowest BCUT2D eigenvalue weighted by molar-refractivity contribution is 0.146. The molecule has 16 heavy (non-hydrogen) atoms. The number of rotatable bonds is 7. The maximum absolute atomic E-state index is 9.49. The van der Waals surface area contributed by atoms with Gasteiger partial charge in [-0.1, -0.05) is 42.5 Å². The van der Waals surface area contributed by atoms with E-state index in [2.05, 4.69) is 18.1 Å². The summed E-state index contributed by atoms with van der Waals surface area (Å²) in [5.41, 5.74) is 1.12. The van der Waals surface area contributed by atoms with Gasteiger partial charge in [0.15, 0.2) is 0 Å². The van der Waals surface area contributed by atoms with Crippen LogP contribution in [0.4, 0.5) is 0 Å². The Bertz CT molecular complexity index is 311. The molecule has 0 aliphatic rings. The van der Waals surface area contributed by atoms with Crippen molar-refractivity contribution >= 4 is 0 Å². The van der Waals surface area contributed by atoms with Gasteiger partial charge in [0.1, 0.15) is 0 Å². The lowest BCUT2D eigenvalue weighted by Crippen LogP contribution is -2.31. The zero-order valence-corrected chi connectivity index (χ0v) is 9.55. The van der Waals surface area contributed by atoms with Crippen molar-refractivity contribution in [1.82, 2.24) is 4.90 Å². The summed E-state index contributed by atoms with van der Waals surface area (Å²) in [7, 11) is 0. The van der Waals surface area contributed by atoms with Gasteiger partial charge in [-0.2, -0.15) is 0 Å². The first-order chi connectivity index (χ1) is 7.83. The van der Waals surface area contributed by atoms with Crippen molar-refractivity contribution in [2.24, 2.45) is 0 Å². The van der Waals surface area contributed by atoms with Crippen LogP contribution < -0.4 is 0 Å². The van der Waals surface area contributed by atoms with Crippen LogP contribution in [0.3, 0.4) is 0 Å². The third kappa shape index (κ3) is 3.33. The summed E-state index contributed by atoms with van der Waals surface area (Å²) in [5, 5.41) is 9.49. The monoisotopic (exact) mass is 217 g/mol. The van der Waals surface area contributed by atoms with Crippen LogP contribution in [0.1, 0.15) is 11.6 Å². The molecule has 0 saturated carbocycles. The molecule has 2 heteroatoms. The largest absolute Gasteiger partial charge is 0.394 e. The zero-order chi connectivity index (χ0) is 11.8. The highest BCUT2D eigenvalue weighted by molar-refractivity contribution is 5.19. The minimum atomic E-state index is 0.0113. The summed E-state index contributed by atoms with van der Waals surface area (Å²) >= 11 is 0. The van der Waals surface area contributed by atoms with Gasteiger partial charge < -0.3 is 5.11 Å². The van der Waals surface area contributed by atoms with Crippen molar-refractivity contribution in [2.75, 3.05) is 19.7 Å². The molecule has 0 unspecified atom stereocenters. The predicted octanol–water partition coefficient (Wildman–Crippen LogP) is 2.39. The van der Waals surface area contributed by atoms with Crippen LogP contribution in [-0.4, -0.2) is 29.7 Å². The van der Waals surface area contributed by atoms with E-state index >= 15 is 0 Å². The summed E-state index contributed by atoms with van der Waals surface area (Å²) in [5.74, 6) is 0. The highest BCUT2D eigenvalue weighted by atomic mass is 16.3. The summed E-state index contributed by atoms with van der Waals surface area (Å²) in [4.78, 5) is 2.13. The van der Waals surface area contributed by atoms with E-state index in [4.69, 9.17) is 0 Å². The molecule has 0 fully saturated rings. The zero-order valence-electron chi connectivity index (χ0n) is 9.55. The molecule has 2 nitrogen and oxygen atoms in total. The number of aliphatic hydroxyl groups is 1. The summed E-state index contributed by atoms with van der Waals surface area (Å²) < 4.78 is 0. The van der Waals surface area contributed by atoms with E-state index in [0.717, 1.165) is 18.7 Å². The first-order valence-electron chi connectivity index (χ1n) is 5.45. The van der Waals surface area contributed by atoms with E-state index in [9.17, 15) is 5.11 Å². The second-order valence-electron chi connectivity index (χ2n) is 3.64. The number of hydrogen-bond donors (Lipinski definition) is 1. The quantitative estimate of drug-likeness (QED) is 0.709. The molecule has 0 bridgehead atoms. The Balaban J connectivity index is 2.85. The van der Waals surface area contributed by atoms with Gasteiger partial charge in [-0.25, -0.2) is 0 Å². The van der Waals surface area contributed by atoms with Crippen molar-refractivity contribution in [3.8, 4) is 0 Å². The van der Waals surface area contributed by atoms with E-state index in [1.807, 2.05) is 42.5 Å². The summed E-state index contributed by atoms with van der Waals surface area (Å²) in [6.45, 7) is 9.06. The molecular weight excluding hydrogens is 198 g/mol. The minimum absolute atomic E-state index is 0.0113. The van der Waals surface area contributed by atoms with E-state index in [1.165, 1.54) is 0 Å². The van der Waals surface area contributed by atoms with Crippen LogP contribution in [0.2, 0.25) is 0 Å². The highest BCUT2D eigenvalue weighted by Gasteiger charge is 2.16. The van der Waals surface area contributed by atoms with Gasteiger partial charge in [0.2, 0.25) is 0 Å². The van der Waals surface area contributed by atoms with Crippen molar-refractivity contribution < 1.29 is 5.11 Å². The Hall–Kier alpha value is -1.38. The third-order valence-electron chi connectivity index (χ3n) is 2.53. The molecule has 0 amide bonds. The first kappa shape index (κ1) is 12.7. The third-order valence-corrected chi connectivity index (χ3v) is 2.53. The van der Waals surface area contributed by atoms with Crippen molar-refractivity contribution in [2.45, 2.75) is 6.04 Å². The molecule has 86 valence electrons. The SMILES string of the molecule is C=CCN(CC=C)[C@@H](CO)c1ccccc1. The standard InChI is InChI=1S/C14H19NO/c1-3-10-15(11-4-2)14(12-16)13-8-6-5-7-9-13/h3-9,14,16H,1-2,10-12H2/t14-/m0/s1. The maximum atomic E-state index is 9.49. The highest BCUT2D eigenvalue weighted by Crippen LogP contribution is 2.19. The molecule has 1 rings (SSSR count). The lowest BCUT2D eigenvalue weighted by Gasteiger charge is -2.28. The molecule has 1 atom stereocenters. The van der Waals surface area contributed by atoms with Gasteiger partial charge in [-0.15, -0.1) is 13.2 Å². The number of hydrogen-bond acceptors (Lipinski definition) is 2. The number of aliphatic hydroxyl groups excluding tert-OH is 1. The van der Waals surface area contributed by atoms with Crippen molar-refractivity contribution in [3.63, 3.8) is 0 Å². The Morgan fingerprint density at radius 1 is 1.12 bits per heavy atom.